The number of aliphatic hydroxyl groups excluding tert-OH is 1. The summed E-state index contributed by atoms with van der Waals surface area (Å²) in [6.45, 7) is 5.67. The lowest BCUT2D eigenvalue weighted by Crippen LogP contribution is -2.46. The van der Waals surface area contributed by atoms with Gasteiger partial charge in [-0.15, -0.1) is 0 Å². The first-order valence-electron chi connectivity index (χ1n) is 10.0. The van der Waals surface area contributed by atoms with Crippen LogP contribution in [0.5, 0.6) is 5.75 Å². The minimum atomic E-state index is 0.149. The molecular formula is C21H29N3O3. The summed E-state index contributed by atoms with van der Waals surface area (Å²) in [5.74, 6) is 1.87. The number of benzene rings is 1. The summed E-state index contributed by atoms with van der Waals surface area (Å²) in [4.78, 5) is 7.17. The topological polar surface area (TPSA) is 59.8 Å². The number of fused-ring (bicyclic) bond motifs is 1. The van der Waals surface area contributed by atoms with Crippen LogP contribution < -0.4 is 4.74 Å². The van der Waals surface area contributed by atoms with E-state index in [0.717, 1.165) is 49.7 Å². The lowest BCUT2D eigenvalue weighted by Gasteiger charge is -2.34. The summed E-state index contributed by atoms with van der Waals surface area (Å²) < 4.78 is 14.2. The molecule has 27 heavy (non-hydrogen) atoms. The van der Waals surface area contributed by atoms with Crippen molar-refractivity contribution in [2.75, 3.05) is 32.9 Å². The highest BCUT2D eigenvalue weighted by atomic mass is 16.5. The summed E-state index contributed by atoms with van der Waals surface area (Å²) in [7, 11) is 0. The van der Waals surface area contributed by atoms with Crippen molar-refractivity contribution in [3.8, 4) is 17.1 Å². The van der Waals surface area contributed by atoms with Gasteiger partial charge in [-0.25, -0.2) is 4.98 Å². The minimum Gasteiger partial charge on any atom is -0.493 e. The number of nitrogens with zero attached hydrogens (tertiary/aromatic N) is 3. The number of para-hydroxylation sites is 1. The fraction of sp³-hybridized carbons (Fsp3) is 0.571. The summed E-state index contributed by atoms with van der Waals surface area (Å²) in [5, 5.41) is 9.19. The van der Waals surface area contributed by atoms with Crippen LogP contribution in [0.2, 0.25) is 0 Å². The zero-order chi connectivity index (χ0) is 18.6. The molecule has 0 saturated carbocycles. The third kappa shape index (κ3) is 3.88. The molecule has 2 aliphatic heterocycles. The molecule has 0 amide bonds. The van der Waals surface area contributed by atoms with Crippen molar-refractivity contribution in [2.45, 2.75) is 44.4 Å². The number of ether oxygens (including phenoxy) is 2. The van der Waals surface area contributed by atoms with Gasteiger partial charge in [-0.05, 0) is 31.4 Å². The normalized spacial score (nSPS) is 25.5. The van der Waals surface area contributed by atoms with E-state index >= 15 is 0 Å². The Morgan fingerprint density at radius 3 is 3.00 bits per heavy atom. The van der Waals surface area contributed by atoms with Crippen molar-refractivity contribution in [3.63, 3.8) is 0 Å². The zero-order valence-electron chi connectivity index (χ0n) is 16.0. The van der Waals surface area contributed by atoms with E-state index in [9.17, 15) is 5.11 Å². The number of rotatable bonds is 7. The van der Waals surface area contributed by atoms with Gasteiger partial charge in [0.2, 0.25) is 0 Å². The molecule has 1 aromatic heterocycles. The van der Waals surface area contributed by atoms with Crippen LogP contribution in [0, 0.1) is 0 Å². The van der Waals surface area contributed by atoms with Crippen LogP contribution in [0.15, 0.2) is 36.7 Å². The average Bonchev–Trinajstić information content (AvgIpc) is 3.33. The second kappa shape index (κ2) is 8.42. The fourth-order valence-corrected chi connectivity index (χ4v) is 4.24. The van der Waals surface area contributed by atoms with Crippen LogP contribution in [0.4, 0.5) is 0 Å². The predicted octanol–water partition coefficient (Wildman–Crippen LogP) is 2.74. The van der Waals surface area contributed by atoms with Gasteiger partial charge in [0.15, 0.2) is 0 Å². The third-order valence-electron chi connectivity index (χ3n) is 5.57. The summed E-state index contributed by atoms with van der Waals surface area (Å²) in [6.07, 6.45) is 6.88. The molecular weight excluding hydrogens is 342 g/mol. The van der Waals surface area contributed by atoms with Gasteiger partial charge in [0.25, 0.3) is 0 Å². The number of aliphatic hydroxyl groups is 1. The van der Waals surface area contributed by atoms with E-state index in [1.165, 1.54) is 0 Å². The first-order chi connectivity index (χ1) is 13.3. The summed E-state index contributed by atoms with van der Waals surface area (Å²) >= 11 is 0. The molecule has 2 aromatic rings. The van der Waals surface area contributed by atoms with E-state index in [1.807, 2.05) is 24.4 Å². The van der Waals surface area contributed by atoms with Crippen LogP contribution in [-0.4, -0.2) is 64.6 Å². The highest BCUT2D eigenvalue weighted by Crippen LogP contribution is 2.36. The monoisotopic (exact) mass is 371 g/mol. The summed E-state index contributed by atoms with van der Waals surface area (Å²) in [5.41, 5.74) is 1.05. The number of hydrogen-bond donors (Lipinski definition) is 1. The molecule has 4 rings (SSSR count). The van der Waals surface area contributed by atoms with Crippen molar-refractivity contribution in [2.24, 2.45) is 0 Å². The Labute approximate surface area is 160 Å². The number of aromatic nitrogens is 2. The molecule has 6 heteroatoms. The van der Waals surface area contributed by atoms with Gasteiger partial charge in [-0.2, -0.15) is 0 Å². The lowest BCUT2D eigenvalue weighted by atomic mass is 10.1. The molecule has 146 valence electrons. The maximum absolute atomic E-state index is 9.19. The maximum Gasteiger partial charge on any atom is 0.143 e. The molecule has 0 radical (unpaired) electrons. The van der Waals surface area contributed by atoms with Crippen LogP contribution in [0.1, 0.15) is 32.2 Å². The molecule has 0 spiro atoms. The average molecular weight is 371 g/mol. The third-order valence-corrected chi connectivity index (χ3v) is 5.57. The van der Waals surface area contributed by atoms with Gasteiger partial charge in [0.05, 0.1) is 24.9 Å². The molecule has 0 unspecified atom stereocenters. The van der Waals surface area contributed by atoms with Crippen molar-refractivity contribution < 1.29 is 14.6 Å². The van der Waals surface area contributed by atoms with Gasteiger partial charge in [-0.1, -0.05) is 19.1 Å². The van der Waals surface area contributed by atoms with E-state index in [-0.39, 0.29) is 12.7 Å². The van der Waals surface area contributed by atoms with Crippen molar-refractivity contribution in [3.05, 3.63) is 36.7 Å². The lowest BCUT2D eigenvalue weighted by molar-refractivity contribution is -0.0567. The molecule has 6 nitrogen and oxygen atoms in total. The van der Waals surface area contributed by atoms with Gasteiger partial charge in [-0.3, -0.25) is 4.90 Å². The smallest absolute Gasteiger partial charge is 0.143 e. The van der Waals surface area contributed by atoms with Crippen LogP contribution >= 0.6 is 0 Å². The molecule has 1 N–H and O–H groups in total. The first-order valence-corrected chi connectivity index (χ1v) is 10.0. The highest BCUT2D eigenvalue weighted by molar-refractivity contribution is 5.64. The van der Waals surface area contributed by atoms with Crippen molar-refractivity contribution in [1.29, 1.82) is 0 Å². The molecule has 2 fully saturated rings. The quantitative estimate of drug-likeness (QED) is 0.811. The van der Waals surface area contributed by atoms with E-state index in [2.05, 4.69) is 33.6 Å². The number of hydrogen-bond acceptors (Lipinski definition) is 5. The van der Waals surface area contributed by atoms with Gasteiger partial charge in [0, 0.05) is 44.2 Å². The van der Waals surface area contributed by atoms with E-state index in [4.69, 9.17) is 9.47 Å². The highest BCUT2D eigenvalue weighted by Gasteiger charge is 2.38. The molecule has 2 aliphatic rings. The Hall–Kier alpha value is -1.89. The molecule has 3 heterocycles. The van der Waals surface area contributed by atoms with E-state index in [0.29, 0.717) is 25.1 Å². The van der Waals surface area contributed by atoms with Crippen LogP contribution in [0.3, 0.4) is 0 Å². The standard InChI is InChI=1S/C21H29N3O3/c1-2-11-26-20-6-4-3-5-19(20)21-22-8-9-24(21)16-12-17-15-27-18(7-10-25)14-23(17)13-16/h3-6,8-9,16-18,25H,2,7,10-15H2,1H3/t16-,17-,18-/m0/s1. The molecule has 0 bridgehead atoms. The van der Waals surface area contributed by atoms with Crippen LogP contribution in [0.25, 0.3) is 11.4 Å². The number of morpholine rings is 1. The summed E-state index contributed by atoms with van der Waals surface area (Å²) in [6, 6.07) is 8.99. The Bertz CT molecular complexity index is 748. The first kappa shape index (κ1) is 18.5. The Morgan fingerprint density at radius 1 is 1.26 bits per heavy atom. The Balaban J connectivity index is 1.54. The predicted molar refractivity (Wildman–Crippen MR) is 104 cm³/mol. The molecule has 0 aliphatic carbocycles. The van der Waals surface area contributed by atoms with Gasteiger partial charge >= 0.3 is 0 Å². The Kier molecular flexibility index (Phi) is 5.76. The second-order valence-electron chi connectivity index (χ2n) is 7.47. The van der Waals surface area contributed by atoms with E-state index < -0.39 is 0 Å². The molecule has 2 saturated heterocycles. The molecule has 3 atom stereocenters. The largest absolute Gasteiger partial charge is 0.493 e. The minimum absolute atomic E-state index is 0.149. The SMILES string of the molecule is CCCOc1ccccc1-c1nccn1[C@H]1C[C@H]2CO[C@@H](CCO)CN2C1. The maximum atomic E-state index is 9.19. The fourth-order valence-electron chi connectivity index (χ4n) is 4.24. The van der Waals surface area contributed by atoms with Gasteiger partial charge < -0.3 is 19.1 Å². The molecule has 1 aromatic carbocycles. The van der Waals surface area contributed by atoms with Crippen molar-refractivity contribution in [1.82, 2.24) is 14.5 Å². The van der Waals surface area contributed by atoms with E-state index in [1.54, 1.807) is 0 Å². The Morgan fingerprint density at radius 2 is 2.15 bits per heavy atom. The van der Waals surface area contributed by atoms with Crippen LogP contribution in [-0.2, 0) is 4.74 Å². The zero-order valence-corrected chi connectivity index (χ0v) is 16.0. The van der Waals surface area contributed by atoms with Gasteiger partial charge in [0.1, 0.15) is 11.6 Å². The van der Waals surface area contributed by atoms with Crippen molar-refractivity contribution >= 4 is 0 Å². The number of imidazole rings is 1. The second-order valence-corrected chi connectivity index (χ2v) is 7.47.